The standard InChI is InChI=1S/C24H23ClN2O3S3/c1-17-2-4-19(5-3-17)16-31-13-12-26-33(29,30)21-10-11-22-23(14-21)32-24(28)27(22)15-18-6-8-20(25)9-7-18/h2-11,14,26H,12-13,15-16H2,1H3. The Kier molecular flexibility index (Phi) is 7.61. The number of thiazole rings is 1. The predicted octanol–water partition coefficient (Wildman–Crippen LogP) is 5.28. The summed E-state index contributed by atoms with van der Waals surface area (Å²) in [5.41, 5.74) is 4.10. The van der Waals surface area contributed by atoms with E-state index in [4.69, 9.17) is 11.6 Å². The molecule has 1 aromatic heterocycles. The van der Waals surface area contributed by atoms with Crippen LogP contribution >= 0.6 is 34.7 Å². The molecule has 172 valence electrons. The summed E-state index contributed by atoms with van der Waals surface area (Å²) in [5, 5.41) is 0.636. The number of halogens is 1. The van der Waals surface area contributed by atoms with E-state index in [1.54, 1.807) is 46.7 Å². The van der Waals surface area contributed by atoms with Crippen molar-refractivity contribution >= 4 is 54.9 Å². The van der Waals surface area contributed by atoms with Gasteiger partial charge in [0.05, 0.1) is 21.7 Å². The Balaban J connectivity index is 1.40. The molecule has 4 aromatic rings. The normalized spacial score (nSPS) is 11.8. The van der Waals surface area contributed by atoms with Gasteiger partial charge >= 0.3 is 4.87 Å². The highest BCUT2D eigenvalue weighted by Gasteiger charge is 2.16. The van der Waals surface area contributed by atoms with Gasteiger partial charge in [0, 0.05) is 23.1 Å². The van der Waals surface area contributed by atoms with Gasteiger partial charge in [-0.2, -0.15) is 11.8 Å². The van der Waals surface area contributed by atoms with Crippen molar-refractivity contribution in [1.82, 2.24) is 9.29 Å². The van der Waals surface area contributed by atoms with Crippen LogP contribution in [0.15, 0.2) is 76.4 Å². The van der Waals surface area contributed by atoms with Crippen LogP contribution in [0.3, 0.4) is 0 Å². The summed E-state index contributed by atoms with van der Waals surface area (Å²) >= 11 is 8.66. The first kappa shape index (κ1) is 24.0. The van der Waals surface area contributed by atoms with Gasteiger partial charge in [0.2, 0.25) is 10.0 Å². The van der Waals surface area contributed by atoms with E-state index in [1.165, 1.54) is 11.1 Å². The summed E-state index contributed by atoms with van der Waals surface area (Å²) in [7, 11) is -3.65. The molecule has 0 atom stereocenters. The number of hydrogen-bond acceptors (Lipinski definition) is 5. The molecule has 0 fully saturated rings. The lowest BCUT2D eigenvalue weighted by Gasteiger charge is -2.08. The molecule has 1 heterocycles. The largest absolute Gasteiger partial charge is 0.308 e. The zero-order valence-corrected chi connectivity index (χ0v) is 21.2. The Morgan fingerprint density at radius 3 is 2.42 bits per heavy atom. The molecule has 0 unspecified atom stereocenters. The minimum Gasteiger partial charge on any atom is -0.294 e. The average molecular weight is 519 g/mol. The second-order valence-corrected chi connectivity index (χ2v) is 11.9. The van der Waals surface area contributed by atoms with E-state index in [1.807, 2.05) is 12.1 Å². The van der Waals surface area contributed by atoms with E-state index >= 15 is 0 Å². The zero-order chi connectivity index (χ0) is 23.4. The van der Waals surface area contributed by atoms with Crippen LogP contribution in [0.4, 0.5) is 0 Å². The summed E-state index contributed by atoms with van der Waals surface area (Å²) in [6.07, 6.45) is 0. The molecule has 0 saturated carbocycles. The first-order valence-electron chi connectivity index (χ1n) is 10.3. The van der Waals surface area contributed by atoms with Crippen molar-refractivity contribution in [3.63, 3.8) is 0 Å². The Morgan fingerprint density at radius 1 is 1.00 bits per heavy atom. The SMILES string of the molecule is Cc1ccc(CSCCNS(=O)(=O)c2ccc3c(c2)sc(=O)n3Cc2ccc(Cl)cc2)cc1. The summed E-state index contributed by atoms with van der Waals surface area (Å²) in [6.45, 7) is 2.79. The molecule has 4 rings (SSSR count). The van der Waals surface area contributed by atoms with Crippen LogP contribution in [0, 0.1) is 6.92 Å². The monoisotopic (exact) mass is 518 g/mol. The average Bonchev–Trinajstić information content (AvgIpc) is 3.10. The number of benzene rings is 3. The fourth-order valence-electron chi connectivity index (χ4n) is 3.34. The number of aryl methyl sites for hydroxylation is 1. The Hall–Kier alpha value is -2.10. The third-order valence-corrected chi connectivity index (χ3v) is 8.81. The first-order valence-corrected chi connectivity index (χ1v) is 14.2. The van der Waals surface area contributed by atoms with Crippen molar-refractivity contribution in [3.8, 4) is 0 Å². The van der Waals surface area contributed by atoms with E-state index in [0.717, 1.165) is 22.7 Å². The maximum Gasteiger partial charge on any atom is 0.308 e. The van der Waals surface area contributed by atoms with Crippen LogP contribution in [0.1, 0.15) is 16.7 Å². The van der Waals surface area contributed by atoms with Gasteiger partial charge in [0.1, 0.15) is 0 Å². The number of thioether (sulfide) groups is 1. The number of aromatic nitrogens is 1. The molecule has 0 amide bonds. The number of rotatable bonds is 9. The maximum absolute atomic E-state index is 12.7. The van der Waals surface area contributed by atoms with Gasteiger partial charge in [-0.3, -0.25) is 9.36 Å². The Bertz CT molecular complexity index is 1410. The summed E-state index contributed by atoms with van der Waals surface area (Å²) < 4.78 is 30.4. The number of nitrogens with one attached hydrogen (secondary N) is 1. The number of sulfonamides is 1. The molecule has 0 radical (unpaired) electrons. The van der Waals surface area contributed by atoms with Crippen LogP contribution in [0.5, 0.6) is 0 Å². The van der Waals surface area contributed by atoms with Crippen molar-refractivity contribution < 1.29 is 8.42 Å². The van der Waals surface area contributed by atoms with Crippen molar-refractivity contribution in [2.24, 2.45) is 0 Å². The highest BCUT2D eigenvalue weighted by molar-refractivity contribution is 7.98. The third kappa shape index (κ3) is 6.07. The lowest BCUT2D eigenvalue weighted by atomic mass is 10.2. The van der Waals surface area contributed by atoms with Crippen LogP contribution in [0.2, 0.25) is 5.02 Å². The quantitative estimate of drug-likeness (QED) is 0.306. The van der Waals surface area contributed by atoms with Gasteiger partial charge in [-0.05, 0) is 48.4 Å². The highest BCUT2D eigenvalue weighted by atomic mass is 35.5. The van der Waals surface area contributed by atoms with E-state index in [2.05, 4.69) is 35.9 Å². The van der Waals surface area contributed by atoms with Crippen LogP contribution in [0.25, 0.3) is 10.2 Å². The van der Waals surface area contributed by atoms with E-state index in [9.17, 15) is 13.2 Å². The molecule has 0 bridgehead atoms. The minimum atomic E-state index is -3.65. The van der Waals surface area contributed by atoms with Crippen molar-refractivity contribution in [3.05, 3.63) is 98.1 Å². The molecule has 0 aliphatic carbocycles. The van der Waals surface area contributed by atoms with E-state index in [0.29, 0.717) is 34.1 Å². The first-order chi connectivity index (χ1) is 15.8. The van der Waals surface area contributed by atoms with E-state index < -0.39 is 10.0 Å². The molecule has 5 nitrogen and oxygen atoms in total. The second-order valence-electron chi connectivity index (χ2n) is 7.65. The van der Waals surface area contributed by atoms with Gasteiger partial charge in [-0.15, -0.1) is 0 Å². The minimum absolute atomic E-state index is 0.130. The van der Waals surface area contributed by atoms with Crippen molar-refractivity contribution in [2.75, 3.05) is 12.3 Å². The third-order valence-electron chi connectivity index (χ3n) is 5.13. The van der Waals surface area contributed by atoms with Gasteiger partial charge in [0.25, 0.3) is 0 Å². The molecule has 33 heavy (non-hydrogen) atoms. The number of nitrogens with zero attached hydrogens (tertiary/aromatic N) is 1. The van der Waals surface area contributed by atoms with Crippen molar-refractivity contribution in [2.45, 2.75) is 24.1 Å². The Labute approximate surface area is 206 Å². The fourth-order valence-corrected chi connectivity index (χ4v) is 6.48. The lowest BCUT2D eigenvalue weighted by Crippen LogP contribution is -2.26. The van der Waals surface area contributed by atoms with Crippen LogP contribution in [-0.4, -0.2) is 25.3 Å². The van der Waals surface area contributed by atoms with Crippen LogP contribution in [-0.2, 0) is 22.3 Å². The van der Waals surface area contributed by atoms with E-state index in [-0.39, 0.29) is 9.77 Å². The van der Waals surface area contributed by atoms with Gasteiger partial charge in [0.15, 0.2) is 0 Å². The Morgan fingerprint density at radius 2 is 1.70 bits per heavy atom. The molecule has 0 saturated heterocycles. The molecule has 1 N–H and O–H groups in total. The van der Waals surface area contributed by atoms with Gasteiger partial charge in [-0.25, -0.2) is 13.1 Å². The second kappa shape index (κ2) is 10.4. The molecular weight excluding hydrogens is 496 g/mol. The maximum atomic E-state index is 12.7. The van der Waals surface area contributed by atoms with Gasteiger partial charge in [-0.1, -0.05) is 64.9 Å². The molecule has 0 aliphatic rings. The zero-order valence-electron chi connectivity index (χ0n) is 18.0. The molecule has 3 aromatic carbocycles. The molecule has 0 spiro atoms. The highest BCUT2D eigenvalue weighted by Crippen LogP contribution is 2.23. The molecule has 9 heteroatoms. The topological polar surface area (TPSA) is 68.2 Å². The predicted molar refractivity (Wildman–Crippen MR) is 139 cm³/mol. The molecule has 0 aliphatic heterocycles. The molecular formula is C24H23ClN2O3S3. The van der Waals surface area contributed by atoms with Crippen molar-refractivity contribution in [1.29, 1.82) is 0 Å². The smallest absolute Gasteiger partial charge is 0.294 e. The summed E-state index contributed by atoms with van der Waals surface area (Å²) in [5.74, 6) is 1.50. The summed E-state index contributed by atoms with van der Waals surface area (Å²) in [6, 6.07) is 20.5. The fraction of sp³-hybridized carbons (Fsp3) is 0.208. The number of hydrogen-bond donors (Lipinski definition) is 1. The van der Waals surface area contributed by atoms with Gasteiger partial charge < -0.3 is 0 Å². The summed E-state index contributed by atoms with van der Waals surface area (Å²) in [4.78, 5) is 12.6. The van der Waals surface area contributed by atoms with Crippen LogP contribution < -0.4 is 9.60 Å². The lowest BCUT2D eigenvalue weighted by molar-refractivity contribution is 0.584. The number of fused-ring (bicyclic) bond motifs is 1.